The van der Waals surface area contributed by atoms with E-state index in [0.29, 0.717) is 19.4 Å². The molecular formula is C17H23N3O3. The summed E-state index contributed by atoms with van der Waals surface area (Å²) in [5.74, 6) is 0.718. The number of rotatable bonds is 3. The molecule has 0 atom stereocenters. The van der Waals surface area contributed by atoms with Crippen molar-refractivity contribution in [2.24, 2.45) is 0 Å². The fraction of sp³-hybridized carbons (Fsp3) is 0.529. The Labute approximate surface area is 136 Å². The van der Waals surface area contributed by atoms with Crippen molar-refractivity contribution >= 4 is 11.9 Å². The summed E-state index contributed by atoms with van der Waals surface area (Å²) in [7, 11) is 1.64. The van der Waals surface area contributed by atoms with Crippen molar-refractivity contribution < 1.29 is 14.3 Å². The average Bonchev–Trinajstić information content (AvgIpc) is 2.77. The summed E-state index contributed by atoms with van der Waals surface area (Å²) < 4.78 is 5.32. The molecular weight excluding hydrogens is 294 g/mol. The molecule has 3 amide bonds. The highest BCUT2D eigenvalue weighted by Gasteiger charge is 2.51. The average molecular weight is 317 g/mol. The Morgan fingerprint density at radius 2 is 1.87 bits per heavy atom. The van der Waals surface area contributed by atoms with E-state index in [2.05, 4.69) is 10.6 Å². The largest absolute Gasteiger partial charge is 0.496 e. The van der Waals surface area contributed by atoms with Crippen LogP contribution in [0.1, 0.15) is 29.5 Å². The van der Waals surface area contributed by atoms with Gasteiger partial charge in [0.25, 0.3) is 5.91 Å². The molecule has 2 fully saturated rings. The highest BCUT2D eigenvalue weighted by Crippen LogP contribution is 2.30. The Kier molecular flexibility index (Phi) is 4.02. The molecule has 2 aliphatic rings. The van der Waals surface area contributed by atoms with E-state index in [1.165, 1.54) is 4.90 Å². The summed E-state index contributed by atoms with van der Waals surface area (Å²) in [5, 5.41) is 6.15. The third kappa shape index (κ3) is 2.57. The molecule has 2 N–H and O–H groups in total. The maximum Gasteiger partial charge on any atom is 0.325 e. The number of hydrogen-bond donors (Lipinski definition) is 2. The molecule has 3 rings (SSSR count). The number of ether oxygens (including phenoxy) is 1. The Hall–Kier alpha value is -2.08. The van der Waals surface area contributed by atoms with Crippen molar-refractivity contribution in [1.82, 2.24) is 15.5 Å². The Morgan fingerprint density at radius 1 is 1.17 bits per heavy atom. The van der Waals surface area contributed by atoms with Crippen molar-refractivity contribution in [3.05, 3.63) is 28.8 Å². The van der Waals surface area contributed by atoms with Crippen LogP contribution in [0.2, 0.25) is 0 Å². The van der Waals surface area contributed by atoms with Crippen LogP contribution in [0.3, 0.4) is 0 Å². The molecule has 23 heavy (non-hydrogen) atoms. The van der Waals surface area contributed by atoms with Crippen molar-refractivity contribution in [3.63, 3.8) is 0 Å². The van der Waals surface area contributed by atoms with Crippen molar-refractivity contribution in [3.8, 4) is 5.75 Å². The first-order valence-corrected chi connectivity index (χ1v) is 7.96. The van der Waals surface area contributed by atoms with Gasteiger partial charge in [0.05, 0.1) is 13.7 Å². The highest BCUT2D eigenvalue weighted by molar-refractivity contribution is 6.07. The van der Waals surface area contributed by atoms with Crippen LogP contribution in [0.5, 0.6) is 5.75 Å². The Morgan fingerprint density at radius 3 is 2.52 bits per heavy atom. The molecule has 6 nitrogen and oxygen atoms in total. The van der Waals surface area contributed by atoms with Crippen LogP contribution in [0.15, 0.2) is 12.1 Å². The molecule has 124 valence electrons. The van der Waals surface area contributed by atoms with E-state index in [4.69, 9.17) is 4.74 Å². The van der Waals surface area contributed by atoms with Gasteiger partial charge in [0, 0.05) is 0 Å². The zero-order valence-electron chi connectivity index (χ0n) is 13.9. The second kappa shape index (κ2) is 5.85. The molecule has 0 bridgehead atoms. The predicted octanol–water partition coefficient (Wildman–Crippen LogP) is 1.49. The van der Waals surface area contributed by atoms with Crippen LogP contribution in [-0.4, -0.2) is 42.6 Å². The molecule has 1 aromatic carbocycles. The topological polar surface area (TPSA) is 70.7 Å². The molecule has 0 saturated carbocycles. The molecule has 1 spiro atoms. The van der Waals surface area contributed by atoms with E-state index < -0.39 is 5.54 Å². The molecule has 2 heterocycles. The summed E-state index contributed by atoms with van der Waals surface area (Å²) in [6.45, 7) is 5.78. The lowest BCUT2D eigenvalue weighted by Gasteiger charge is -2.31. The molecule has 0 unspecified atom stereocenters. The van der Waals surface area contributed by atoms with Crippen LogP contribution in [-0.2, 0) is 11.3 Å². The number of imide groups is 1. The number of amides is 3. The van der Waals surface area contributed by atoms with Gasteiger partial charge < -0.3 is 15.4 Å². The van der Waals surface area contributed by atoms with Gasteiger partial charge in [-0.1, -0.05) is 6.07 Å². The molecule has 0 aliphatic carbocycles. The number of benzene rings is 1. The van der Waals surface area contributed by atoms with E-state index in [1.807, 2.05) is 26.0 Å². The predicted molar refractivity (Wildman–Crippen MR) is 86.4 cm³/mol. The minimum absolute atomic E-state index is 0.100. The normalized spacial score (nSPS) is 20.0. The fourth-order valence-electron chi connectivity index (χ4n) is 3.43. The Bertz CT molecular complexity index is 651. The van der Waals surface area contributed by atoms with Crippen LogP contribution < -0.4 is 15.4 Å². The van der Waals surface area contributed by atoms with Gasteiger partial charge in [-0.05, 0) is 62.5 Å². The first-order valence-electron chi connectivity index (χ1n) is 7.96. The number of hydrogen-bond acceptors (Lipinski definition) is 4. The lowest BCUT2D eigenvalue weighted by Crippen LogP contribution is -2.53. The van der Waals surface area contributed by atoms with Crippen LogP contribution in [0.4, 0.5) is 4.79 Å². The maximum atomic E-state index is 12.8. The van der Waals surface area contributed by atoms with Gasteiger partial charge in [-0.25, -0.2) is 4.79 Å². The van der Waals surface area contributed by atoms with E-state index >= 15 is 0 Å². The van der Waals surface area contributed by atoms with Gasteiger partial charge >= 0.3 is 6.03 Å². The SMILES string of the molecule is COc1ccc(CN2C(=O)NC3(CCNCC3)C2=O)c(C)c1C. The first-order chi connectivity index (χ1) is 11.0. The summed E-state index contributed by atoms with van der Waals surface area (Å²) in [6.07, 6.45) is 1.30. The number of urea groups is 1. The van der Waals surface area contributed by atoms with Gasteiger partial charge in [-0.15, -0.1) is 0 Å². The second-order valence-corrected chi connectivity index (χ2v) is 6.33. The summed E-state index contributed by atoms with van der Waals surface area (Å²) in [6, 6.07) is 3.52. The van der Waals surface area contributed by atoms with Gasteiger partial charge in [-0.3, -0.25) is 9.69 Å². The van der Waals surface area contributed by atoms with Crippen molar-refractivity contribution in [2.75, 3.05) is 20.2 Å². The third-order valence-electron chi connectivity index (χ3n) is 5.10. The summed E-state index contributed by atoms with van der Waals surface area (Å²) in [5.41, 5.74) is 2.35. The first kappa shape index (κ1) is 15.8. The molecule has 0 aromatic heterocycles. The quantitative estimate of drug-likeness (QED) is 0.829. The highest BCUT2D eigenvalue weighted by atomic mass is 16.5. The van der Waals surface area contributed by atoms with Gasteiger partial charge in [0.15, 0.2) is 0 Å². The summed E-state index contributed by atoms with van der Waals surface area (Å²) >= 11 is 0. The van der Waals surface area contributed by atoms with E-state index in [1.54, 1.807) is 7.11 Å². The number of piperidine rings is 1. The standard InChI is InChI=1S/C17H23N3O3/c1-11-12(2)14(23-3)5-4-13(11)10-20-15(21)17(19-16(20)22)6-8-18-9-7-17/h4-5,18H,6-10H2,1-3H3,(H,19,22). The minimum atomic E-state index is -0.711. The third-order valence-corrected chi connectivity index (χ3v) is 5.10. The number of carbonyl (C=O) groups excluding carboxylic acids is 2. The lowest BCUT2D eigenvalue weighted by molar-refractivity contribution is -0.132. The number of nitrogens with zero attached hydrogens (tertiary/aromatic N) is 1. The van der Waals surface area contributed by atoms with Crippen LogP contribution in [0.25, 0.3) is 0 Å². The van der Waals surface area contributed by atoms with E-state index in [0.717, 1.165) is 35.5 Å². The molecule has 6 heteroatoms. The Balaban J connectivity index is 1.84. The second-order valence-electron chi connectivity index (χ2n) is 6.33. The molecule has 0 radical (unpaired) electrons. The molecule has 2 aliphatic heterocycles. The van der Waals surface area contributed by atoms with Gasteiger partial charge in [0.2, 0.25) is 0 Å². The van der Waals surface area contributed by atoms with Crippen LogP contribution >= 0.6 is 0 Å². The van der Waals surface area contributed by atoms with E-state index in [9.17, 15) is 9.59 Å². The van der Waals surface area contributed by atoms with Crippen LogP contribution in [0, 0.1) is 13.8 Å². The zero-order chi connectivity index (χ0) is 16.6. The lowest BCUT2D eigenvalue weighted by atomic mass is 9.88. The molecule has 2 saturated heterocycles. The number of methoxy groups -OCH3 is 1. The summed E-state index contributed by atoms with van der Waals surface area (Å²) in [4.78, 5) is 26.5. The van der Waals surface area contributed by atoms with Crippen molar-refractivity contribution in [1.29, 1.82) is 0 Å². The van der Waals surface area contributed by atoms with Gasteiger partial charge in [0.1, 0.15) is 11.3 Å². The monoisotopic (exact) mass is 317 g/mol. The number of carbonyl (C=O) groups is 2. The number of nitrogens with one attached hydrogen (secondary N) is 2. The smallest absolute Gasteiger partial charge is 0.325 e. The zero-order valence-corrected chi connectivity index (χ0v) is 13.9. The van der Waals surface area contributed by atoms with Crippen molar-refractivity contribution in [2.45, 2.75) is 38.8 Å². The molecule has 1 aromatic rings. The maximum absolute atomic E-state index is 12.8. The van der Waals surface area contributed by atoms with Gasteiger partial charge in [-0.2, -0.15) is 0 Å². The van der Waals surface area contributed by atoms with E-state index in [-0.39, 0.29) is 11.9 Å². The minimum Gasteiger partial charge on any atom is -0.496 e. The fourth-order valence-corrected chi connectivity index (χ4v) is 3.43.